The first-order valence-electron chi connectivity index (χ1n) is 17.1. The number of hydrogen-bond acceptors (Lipinski definition) is 9. The average Bonchev–Trinajstić information content (AvgIpc) is 3.56. The minimum Gasteiger partial charge on any atom is -0.481 e. The second-order valence-electron chi connectivity index (χ2n) is 16.1. The normalized spacial score (nSPS) is 23.1. The average molecular weight is 709 g/mol. The standard InChI is InChI=1S/C36H48N6O7S/c1-20-14-25(35(3,4)5)30(26(15-20)36(6,7)8)49-34(46)29-24(17-37)19-41-32(29)42(21(2)43)31(38-41)22-11-12-28(27(16-22)39-50(47)48)40-13-9-10-23(18-40)33(44)45/h11-12,16,19-20,23,25-26,30,50H,9-10,13-15,18H2,1-8H3,(H,44,45)(H,39,47,48). The summed E-state index contributed by atoms with van der Waals surface area (Å²) in [5, 5.41) is 24.3. The maximum absolute atomic E-state index is 14.3. The van der Waals surface area contributed by atoms with Crippen LogP contribution in [0.15, 0.2) is 24.4 Å². The Kier molecular flexibility index (Phi) is 10.1. The number of aliphatic carboxylic acids is 1. The summed E-state index contributed by atoms with van der Waals surface area (Å²) in [6, 6.07) is 6.93. The van der Waals surface area contributed by atoms with E-state index >= 15 is 0 Å². The molecular formula is C36H48N6O7S. The lowest BCUT2D eigenvalue weighted by molar-refractivity contribution is -0.141. The van der Waals surface area contributed by atoms with Gasteiger partial charge in [-0.05, 0) is 60.6 Å². The Bertz CT molecular complexity index is 1910. The topological polar surface area (TPSA) is 176 Å². The SMILES string of the molecule is CC(=O)n1c(-c2ccc(N3CCCC(C(=O)O)C3)c(N[SH](=O)=O)c2)nn2cc(C#N)c(C(=O)OC3C(C(C)(C)C)CC(C)CC3C(C)(C)C)c12. The summed E-state index contributed by atoms with van der Waals surface area (Å²) in [5.74, 6) is -2.04. The van der Waals surface area contributed by atoms with Crippen molar-refractivity contribution in [1.29, 1.82) is 5.26 Å². The zero-order valence-electron chi connectivity index (χ0n) is 30.0. The fraction of sp³-hybridized carbons (Fsp3) is 0.583. The first-order valence-corrected chi connectivity index (χ1v) is 18.3. The van der Waals surface area contributed by atoms with Crippen molar-refractivity contribution in [3.8, 4) is 17.5 Å². The highest BCUT2D eigenvalue weighted by atomic mass is 32.2. The molecule has 0 spiro atoms. The van der Waals surface area contributed by atoms with Gasteiger partial charge in [0.15, 0.2) is 11.5 Å². The number of rotatable bonds is 7. The van der Waals surface area contributed by atoms with Gasteiger partial charge in [0, 0.05) is 43.6 Å². The summed E-state index contributed by atoms with van der Waals surface area (Å²) >= 11 is 0. The van der Waals surface area contributed by atoms with Crippen LogP contribution in [0.1, 0.15) is 102 Å². The molecule has 270 valence electrons. The number of benzene rings is 1. The van der Waals surface area contributed by atoms with Gasteiger partial charge in [0.1, 0.15) is 17.7 Å². The number of esters is 1. The lowest BCUT2D eigenvalue weighted by atomic mass is 9.59. The number of fused-ring (bicyclic) bond motifs is 1. The van der Waals surface area contributed by atoms with Gasteiger partial charge < -0.3 is 14.7 Å². The van der Waals surface area contributed by atoms with Gasteiger partial charge in [0.05, 0.1) is 22.9 Å². The maximum Gasteiger partial charge on any atom is 0.343 e. The maximum atomic E-state index is 14.3. The lowest BCUT2D eigenvalue weighted by Crippen LogP contribution is -2.49. The van der Waals surface area contributed by atoms with Gasteiger partial charge in [-0.15, -0.1) is 5.10 Å². The molecule has 3 aromatic rings. The molecule has 1 saturated carbocycles. The van der Waals surface area contributed by atoms with Gasteiger partial charge in [0.2, 0.25) is 16.8 Å². The van der Waals surface area contributed by atoms with Crippen LogP contribution in [0.3, 0.4) is 0 Å². The minimum absolute atomic E-state index is 0.0157. The van der Waals surface area contributed by atoms with E-state index in [4.69, 9.17) is 4.74 Å². The molecule has 1 aromatic carbocycles. The van der Waals surface area contributed by atoms with Gasteiger partial charge in [-0.2, -0.15) is 5.26 Å². The molecular weight excluding hydrogens is 660 g/mol. The van der Waals surface area contributed by atoms with E-state index in [0.717, 1.165) is 12.8 Å². The number of piperidine rings is 1. The van der Waals surface area contributed by atoms with Gasteiger partial charge in [-0.3, -0.25) is 14.3 Å². The van der Waals surface area contributed by atoms with Gasteiger partial charge in [0.25, 0.3) is 0 Å². The van der Waals surface area contributed by atoms with Crippen molar-refractivity contribution in [3.63, 3.8) is 0 Å². The first kappa shape index (κ1) is 36.9. The molecule has 2 aromatic heterocycles. The van der Waals surface area contributed by atoms with Crippen molar-refractivity contribution < 1.29 is 32.6 Å². The molecule has 1 saturated heterocycles. The van der Waals surface area contributed by atoms with Gasteiger partial charge in [-0.25, -0.2) is 22.3 Å². The highest BCUT2D eigenvalue weighted by molar-refractivity contribution is 7.73. The van der Waals surface area contributed by atoms with E-state index in [1.807, 2.05) is 4.90 Å². The third-order valence-electron chi connectivity index (χ3n) is 10.4. The quantitative estimate of drug-likeness (QED) is 0.199. The Morgan fingerprint density at radius 2 is 1.72 bits per heavy atom. The molecule has 2 N–H and O–H groups in total. The number of thiol groups is 1. The van der Waals surface area contributed by atoms with E-state index in [1.54, 1.807) is 12.1 Å². The largest absolute Gasteiger partial charge is 0.481 e. The fourth-order valence-corrected chi connectivity index (χ4v) is 8.26. The summed E-state index contributed by atoms with van der Waals surface area (Å²) in [6.07, 6.45) is 3.87. The van der Waals surface area contributed by atoms with Crippen LogP contribution in [0.5, 0.6) is 0 Å². The molecule has 0 bridgehead atoms. The molecule has 2 aliphatic rings. The van der Waals surface area contributed by atoms with E-state index in [0.29, 0.717) is 36.6 Å². The predicted octanol–water partition coefficient (Wildman–Crippen LogP) is 5.85. The number of nitrogens with zero attached hydrogens (tertiary/aromatic N) is 5. The first-order chi connectivity index (χ1) is 23.3. The van der Waals surface area contributed by atoms with Crippen LogP contribution >= 0.6 is 0 Å². The number of carbonyl (C=O) groups excluding carboxylic acids is 2. The van der Waals surface area contributed by atoms with E-state index in [-0.39, 0.29) is 57.5 Å². The Labute approximate surface area is 294 Å². The number of carboxylic acid groups (broad SMARTS) is 1. The van der Waals surface area contributed by atoms with Crippen LogP contribution in [0.25, 0.3) is 17.0 Å². The van der Waals surface area contributed by atoms with Crippen LogP contribution in [0, 0.1) is 45.8 Å². The second kappa shape index (κ2) is 13.7. The molecule has 14 heteroatoms. The molecule has 50 heavy (non-hydrogen) atoms. The number of nitriles is 1. The van der Waals surface area contributed by atoms with Crippen LogP contribution in [-0.2, 0) is 20.4 Å². The van der Waals surface area contributed by atoms with E-state index < -0.39 is 40.8 Å². The highest BCUT2D eigenvalue weighted by Gasteiger charge is 2.48. The number of carbonyl (C=O) groups is 3. The zero-order valence-corrected chi connectivity index (χ0v) is 30.9. The van der Waals surface area contributed by atoms with Crippen molar-refractivity contribution in [2.24, 2.45) is 34.5 Å². The predicted molar refractivity (Wildman–Crippen MR) is 190 cm³/mol. The summed E-state index contributed by atoms with van der Waals surface area (Å²) in [4.78, 5) is 41.2. The van der Waals surface area contributed by atoms with E-state index in [2.05, 4.69) is 64.4 Å². The highest BCUT2D eigenvalue weighted by Crippen LogP contribution is 2.50. The molecule has 1 aliphatic carbocycles. The Balaban J connectivity index is 1.61. The molecule has 5 rings (SSSR count). The van der Waals surface area contributed by atoms with E-state index in [1.165, 1.54) is 28.3 Å². The van der Waals surface area contributed by atoms with Crippen molar-refractivity contribution >= 4 is 45.8 Å². The summed E-state index contributed by atoms with van der Waals surface area (Å²) in [5.41, 5.74) is 0.739. The number of carboxylic acids is 1. The van der Waals surface area contributed by atoms with Crippen molar-refractivity contribution in [2.75, 3.05) is 22.7 Å². The second-order valence-corrected chi connectivity index (χ2v) is 16.8. The van der Waals surface area contributed by atoms with Crippen molar-refractivity contribution in [3.05, 3.63) is 35.5 Å². The molecule has 3 unspecified atom stereocenters. The molecule has 3 heterocycles. The van der Waals surface area contributed by atoms with Crippen LogP contribution in [-0.4, -0.2) is 64.7 Å². The summed E-state index contributed by atoms with van der Waals surface area (Å²) in [7, 11) is -3.10. The van der Waals surface area contributed by atoms with Crippen LogP contribution in [0.4, 0.5) is 11.4 Å². The molecule has 0 amide bonds. The Hall–Kier alpha value is -4.38. The smallest absolute Gasteiger partial charge is 0.343 e. The lowest BCUT2D eigenvalue weighted by Gasteiger charge is -2.50. The molecule has 0 radical (unpaired) electrons. The van der Waals surface area contributed by atoms with Gasteiger partial charge >= 0.3 is 11.9 Å². The Morgan fingerprint density at radius 3 is 2.26 bits per heavy atom. The third kappa shape index (κ3) is 7.24. The summed E-state index contributed by atoms with van der Waals surface area (Å²) in [6.45, 7) is 17.2. The number of aromatic nitrogens is 3. The third-order valence-corrected chi connectivity index (χ3v) is 10.8. The molecule has 13 nitrogen and oxygen atoms in total. The number of ether oxygens (including phenoxy) is 1. The minimum atomic E-state index is -3.10. The van der Waals surface area contributed by atoms with Crippen molar-refractivity contribution in [1.82, 2.24) is 14.2 Å². The van der Waals surface area contributed by atoms with Gasteiger partial charge in [-0.1, -0.05) is 48.5 Å². The number of hydrogen-bond donors (Lipinski definition) is 3. The van der Waals surface area contributed by atoms with Crippen molar-refractivity contribution in [2.45, 2.75) is 87.2 Å². The summed E-state index contributed by atoms with van der Waals surface area (Å²) < 4.78 is 35.2. The zero-order chi connectivity index (χ0) is 36.9. The fourth-order valence-electron chi connectivity index (χ4n) is 7.88. The Morgan fingerprint density at radius 1 is 1.08 bits per heavy atom. The monoisotopic (exact) mass is 708 g/mol. The van der Waals surface area contributed by atoms with Crippen LogP contribution in [0.2, 0.25) is 0 Å². The molecule has 2 fully saturated rings. The number of nitrogens with one attached hydrogen (secondary N) is 1. The van der Waals surface area contributed by atoms with Crippen LogP contribution < -0.4 is 9.62 Å². The molecule has 1 aliphatic heterocycles. The van der Waals surface area contributed by atoms with E-state index in [9.17, 15) is 33.2 Å². The molecule has 3 atom stereocenters. The number of anilines is 2.